The molecule has 0 aliphatic carbocycles. The first-order valence-corrected chi connectivity index (χ1v) is 18.4. The molecule has 5 heterocycles. The highest BCUT2D eigenvalue weighted by Gasteiger charge is 2.51. The predicted molar refractivity (Wildman–Crippen MR) is 213 cm³/mol. The van der Waals surface area contributed by atoms with E-state index in [1.54, 1.807) is 24.3 Å². The number of aryl methyl sites for hydroxylation is 2. The molecule has 1 fully saturated rings. The first-order chi connectivity index (χ1) is 24.8. The minimum absolute atomic E-state index is 0.220. The van der Waals surface area contributed by atoms with Crippen molar-refractivity contribution in [3.8, 4) is 22.8 Å². The molecule has 2 aromatic carbocycles. The molecule has 0 amide bonds. The van der Waals surface area contributed by atoms with Gasteiger partial charge in [-0.3, -0.25) is 0 Å². The maximum Gasteiger partial charge on any atom is 0.494 e. The summed E-state index contributed by atoms with van der Waals surface area (Å²) in [5.41, 5.74) is 15.3. The molecule has 0 bridgehead atoms. The topological polar surface area (TPSA) is 198 Å². The molecule has 16 heteroatoms. The van der Waals surface area contributed by atoms with Crippen molar-refractivity contribution in [3.05, 3.63) is 64.9 Å². The Labute approximate surface area is 317 Å². The zero-order valence-corrected chi connectivity index (χ0v) is 32.6. The first-order valence-electron chi connectivity index (χ1n) is 17.3. The van der Waals surface area contributed by atoms with Gasteiger partial charge in [-0.2, -0.15) is 10.2 Å². The van der Waals surface area contributed by atoms with Crippen molar-refractivity contribution >= 4 is 68.9 Å². The van der Waals surface area contributed by atoms with Crippen LogP contribution in [-0.2, 0) is 22.4 Å². The van der Waals surface area contributed by atoms with Crippen LogP contribution in [0.4, 0.5) is 11.6 Å². The van der Waals surface area contributed by atoms with Gasteiger partial charge in [0.1, 0.15) is 45.2 Å². The quantitative estimate of drug-likeness (QED) is 0.102. The van der Waals surface area contributed by atoms with Crippen molar-refractivity contribution in [2.24, 2.45) is 0 Å². The fraction of sp³-hybridized carbons (Fsp3) is 0.389. The molecular formula is C36H46BIN10O4. The number of nitrogens with two attached hydrogens (primary N) is 2. The molecule has 274 valence electrons. The van der Waals surface area contributed by atoms with Crippen LogP contribution >= 0.6 is 22.6 Å². The number of hydrogen-bond acceptors (Lipinski definition) is 12. The highest BCUT2D eigenvalue weighted by molar-refractivity contribution is 14.1. The minimum atomic E-state index is -0.356. The summed E-state index contributed by atoms with van der Waals surface area (Å²) in [6, 6.07) is 13.8. The summed E-state index contributed by atoms with van der Waals surface area (Å²) >= 11 is 2.16. The summed E-state index contributed by atoms with van der Waals surface area (Å²) in [4.78, 5) is 16.6. The second-order valence-corrected chi connectivity index (χ2v) is 14.5. The number of fused-ring (bicyclic) bond motifs is 2. The van der Waals surface area contributed by atoms with Gasteiger partial charge in [-0.25, -0.2) is 29.3 Å². The molecule has 0 saturated carbocycles. The van der Waals surface area contributed by atoms with Crippen LogP contribution in [0.25, 0.3) is 33.3 Å². The maximum absolute atomic E-state index is 9.42. The lowest BCUT2D eigenvalue weighted by Gasteiger charge is -2.32. The summed E-state index contributed by atoms with van der Waals surface area (Å²) in [7, 11) is -0.356. The monoisotopic (exact) mass is 820 g/mol. The Hall–Kier alpha value is -4.55. The number of phenols is 2. The Morgan fingerprint density at radius 3 is 1.67 bits per heavy atom. The van der Waals surface area contributed by atoms with Gasteiger partial charge in [-0.1, -0.05) is 38.8 Å². The Morgan fingerprint density at radius 2 is 1.15 bits per heavy atom. The van der Waals surface area contributed by atoms with Crippen molar-refractivity contribution < 1.29 is 19.5 Å². The molecule has 0 radical (unpaired) electrons. The average Bonchev–Trinajstić information content (AvgIpc) is 3.72. The lowest BCUT2D eigenvalue weighted by molar-refractivity contribution is 0.00578. The highest BCUT2D eigenvalue weighted by Crippen LogP contribution is 2.36. The van der Waals surface area contributed by atoms with Gasteiger partial charge in [-0.05, 0) is 105 Å². The second kappa shape index (κ2) is 16.4. The molecule has 4 aromatic heterocycles. The Bertz CT molecular complexity index is 2090. The molecular weight excluding hydrogens is 774 g/mol. The van der Waals surface area contributed by atoms with Crippen LogP contribution in [0.1, 0.15) is 67.2 Å². The number of nitrogens with zero attached hydrogens (tertiary/aromatic N) is 8. The van der Waals surface area contributed by atoms with E-state index in [0.717, 1.165) is 81.3 Å². The molecule has 6 N–H and O–H groups in total. The maximum atomic E-state index is 9.42. The number of phenolic OH excluding ortho intramolecular Hbond substituents is 2. The van der Waals surface area contributed by atoms with E-state index in [1.165, 1.54) is 12.7 Å². The van der Waals surface area contributed by atoms with E-state index in [1.807, 2.05) is 61.3 Å². The van der Waals surface area contributed by atoms with Gasteiger partial charge in [0, 0.05) is 18.7 Å². The number of anilines is 2. The molecule has 0 spiro atoms. The number of aromatic hydroxyl groups is 2. The van der Waals surface area contributed by atoms with E-state index >= 15 is 0 Å². The summed E-state index contributed by atoms with van der Waals surface area (Å²) in [5.74, 6) is 1.40. The van der Waals surface area contributed by atoms with E-state index in [-0.39, 0.29) is 29.8 Å². The molecule has 1 aliphatic heterocycles. The summed E-state index contributed by atoms with van der Waals surface area (Å²) in [5, 5.41) is 29.3. The van der Waals surface area contributed by atoms with Crippen LogP contribution in [-0.4, -0.2) is 68.0 Å². The van der Waals surface area contributed by atoms with Gasteiger partial charge in [0.05, 0.1) is 22.0 Å². The van der Waals surface area contributed by atoms with Crippen molar-refractivity contribution in [3.63, 3.8) is 0 Å². The number of benzene rings is 2. The minimum Gasteiger partial charge on any atom is -0.508 e. The van der Waals surface area contributed by atoms with Crippen molar-refractivity contribution in [1.82, 2.24) is 39.5 Å². The summed E-state index contributed by atoms with van der Waals surface area (Å²) in [6.07, 6.45) is 7.28. The van der Waals surface area contributed by atoms with Crippen molar-refractivity contribution in [2.75, 3.05) is 11.5 Å². The largest absolute Gasteiger partial charge is 0.508 e. The third-order valence-electron chi connectivity index (χ3n) is 9.08. The number of unbranched alkanes of at least 4 members (excludes halogenated alkanes) is 2. The average molecular weight is 821 g/mol. The van der Waals surface area contributed by atoms with Gasteiger partial charge in [-0.15, -0.1) is 0 Å². The Kier molecular flexibility index (Phi) is 12.2. The lowest BCUT2D eigenvalue weighted by atomic mass is 9.79. The molecule has 0 unspecified atom stereocenters. The van der Waals surface area contributed by atoms with Crippen LogP contribution < -0.4 is 16.9 Å². The van der Waals surface area contributed by atoms with E-state index in [0.29, 0.717) is 11.6 Å². The highest BCUT2D eigenvalue weighted by atomic mass is 127. The van der Waals surface area contributed by atoms with Gasteiger partial charge in [0.15, 0.2) is 11.3 Å². The van der Waals surface area contributed by atoms with Gasteiger partial charge < -0.3 is 31.0 Å². The number of aromatic nitrogens is 8. The molecule has 6 aromatic rings. The predicted octanol–water partition coefficient (Wildman–Crippen LogP) is 6.09. The lowest BCUT2D eigenvalue weighted by Crippen LogP contribution is -2.41. The number of hydrogen-bond donors (Lipinski definition) is 4. The zero-order chi connectivity index (χ0) is 37.6. The van der Waals surface area contributed by atoms with Gasteiger partial charge in [0.2, 0.25) is 0 Å². The van der Waals surface area contributed by atoms with Gasteiger partial charge in [0.25, 0.3) is 0 Å². The SMILES string of the molecule is CC1(C)OB(c2ccc(O)cc2)OC1(C)C.CCCCn1nc(-c2ccc(O)cc2)c2c(N)ncnc21.CCCCn1nc(I)c2c(N)ncnc21. The van der Waals surface area contributed by atoms with Crippen LogP contribution in [0, 0.1) is 3.70 Å². The summed E-state index contributed by atoms with van der Waals surface area (Å²) < 4.78 is 16.4. The second-order valence-electron chi connectivity index (χ2n) is 13.4. The molecule has 52 heavy (non-hydrogen) atoms. The number of nitrogen functional groups attached to an aromatic ring is 2. The van der Waals surface area contributed by atoms with Crippen LogP contribution in [0.15, 0.2) is 61.2 Å². The molecule has 1 saturated heterocycles. The van der Waals surface area contributed by atoms with Crippen LogP contribution in [0.3, 0.4) is 0 Å². The van der Waals surface area contributed by atoms with E-state index in [2.05, 4.69) is 66.6 Å². The fourth-order valence-corrected chi connectivity index (χ4v) is 6.15. The van der Waals surface area contributed by atoms with E-state index < -0.39 is 0 Å². The number of rotatable bonds is 8. The van der Waals surface area contributed by atoms with Crippen molar-refractivity contribution in [1.29, 1.82) is 0 Å². The standard InChI is InChI=1S/C15H17N5O.C12H17BO3.C9H12IN5/c1-2-3-8-20-15-12(14(16)17-9-18-15)13(19-20)10-4-6-11(21)7-5-10;1-11(2)12(3,4)16-13(15-11)9-5-7-10(14)8-6-9;1-2-3-4-15-9-6(7(10)14-15)8(11)12-5-13-9/h4-7,9,21H,2-3,8H2,1H3,(H2,16,17,18);5-8,14H,1-4H3;5H,2-4H2,1H3,(H2,11,12,13). The fourth-order valence-electron chi connectivity index (χ4n) is 5.38. The molecule has 1 aliphatic rings. The van der Waals surface area contributed by atoms with Crippen molar-refractivity contribution in [2.45, 2.75) is 91.5 Å². The zero-order valence-electron chi connectivity index (χ0n) is 30.4. The Morgan fingerprint density at radius 1 is 0.692 bits per heavy atom. The van der Waals surface area contributed by atoms with E-state index in [9.17, 15) is 10.2 Å². The normalized spacial score (nSPS) is 14.6. The molecule has 0 atom stereocenters. The molecule has 14 nitrogen and oxygen atoms in total. The third-order valence-corrected chi connectivity index (χ3v) is 9.84. The van der Waals surface area contributed by atoms with Gasteiger partial charge >= 0.3 is 7.12 Å². The summed E-state index contributed by atoms with van der Waals surface area (Å²) in [6.45, 7) is 14.0. The molecule has 7 rings (SSSR count). The Balaban J connectivity index is 0.000000154. The van der Waals surface area contributed by atoms with E-state index in [4.69, 9.17) is 20.8 Å². The first kappa shape index (κ1) is 38.7. The number of halogens is 1. The van der Waals surface area contributed by atoms with Crippen LogP contribution in [0.2, 0.25) is 0 Å². The third kappa shape index (κ3) is 8.56. The smallest absolute Gasteiger partial charge is 0.494 e. The van der Waals surface area contributed by atoms with Crippen LogP contribution in [0.5, 0.6) is 11.5 Å².